The first-order chi connectivity index (χ1) is 15.2. The molecule has 182 valence electrons. The maximum atomic E-state index is 12.2. The number of aromatic nitrogens is 4. The minimum atomic E-state index is -0.503. The van der Waals surface area contributed by atoms with E-state index in [4.69, 9.17) is 62.7 Å². The van der Waals surface area contributed by atoms with Crippen molar-refractivity contribution in [3.05, 3.63) is 33.2 Å². The lowest BCUT2D eigenvalue weighted by molar-refractivity contribution is 0.0218. The molecule has 0 saturated carbocycles. The number of carbonyl (C=O) groups is 1. The molecule has 1 atom stereocenters. The van der Waals surface area contributed by atoms with Gasteiger partial charge in [0.1, 0.15) is 15.6 Å². The van der Waals surface area contributed by atoms with Gasteiger partial charge in [-0.1, -0.05) is 58.0 Å². The highest BCUT2D eigenvalue weighted by Gasteiger charge is 2.32. The van der Waals surface area contributed by atoms with E-state index < -0.39 is 5.60 Å². The molecule has 2 aromatic rings. The molecule has 8 nitrogen and oxygen atoms in total. The standard InChI is InChI=1S/C14H19Cl2IN4O2.C4Cl3IN2/c1-8-7-20(13(22)23-14(2,3)4)5-6-21(8)11-9(15)10(16)18-12(17)19-11;5-1-2(6)9-4(8)10-3(1)7/h8H,5-7H2,1-4H3;/t8-;/m1./s1. The summed E-state index contributed by atoms with van der Waals surface area (Å²) in [5, 5.41) is 1.15. The predicted octanol–water partition coefficient (Wildman–Crippen LogP) is 6.88. The first-order valence-corrected chi connectivity index (χ1v) is 13.4. The summed E-state index contributed by atoms with van der Waals surface area (Å²) in [6, 6.07) is 0.0375. The van der Waals surface area contributed by atoms with Crippen LogP contribution >= 0.6 is 103 Å². The maximum Gasteiger partial charge on any atom is 0.410 e. The Morgan fingerprint density at radius 1 is 0.909 bits per heavy atom. The monoisotopic (exact) mass is 780 g/mol. The third-order valence-corrected chi connectivity index (χ3v) is 6.84. The molecule has 1 amide bonds. The second kappa shape index (κ2) is 12.4. The molecule has 1 saturated heterocycles. The number of amides is 1. The summed E-state index contributed by atoms with van der Waals surface area (Å²) in [6.07, 6.45) is -0.301. The summed E-state index contributed by atoms with van der Waals surface area (Å²) in [5.74, 6) is 0.604. The molecule has 0 N–H and O–H groups in total. The van der Waals surface area contributed by atoms with Crippen LogP contribution in [0.15, 0.2) is 0 Å². The Balaban J connectivity index is 0.000000321. The number of anilines is 1. The average molecular weight is 782 g/mol. The fourth-order valence-corrected chi connectivity index (χ4v) is 4.92. The molecule has 15 heteroatoms. The molecule has 2 aromatic heterocycles. The van der Waals surface area contributed by atoms with Crippen molar-refractivity contribution in [2.24, 2.45) is 0 Å². The number of rotatable bonds is 1. The van der Waals surface area contributed by atoms with Crippen molar-refractivity contribution < 1.29 is 9.53 Å². The molecule has 1 aliphatic heterocycles. The number of nitrogens with zero attached hydrogens (tertiary/aromatic N) is 6. The van der Waals surface area contributed by atoms with E-state index >= 15 is 0 Å². The first kappa shape index (κ1) is 29.4. The van der Waals surface area contributed by atoms with Gasteiger partial charge in [-0.25, -0.2) is 24.7 Å². The Morgan fingerprint density at radius 3 is 1.88 bits per heavy atom. The number of piperazine rings is 1. The Bertz CT molecular complexity index is 1000. The van der Waals surface area contributed by atoms with E-state index in [0.717, 1.165) is 0 Å². The van der Waals surface area contributed by atoms with Gasteiger partial charge in [-0.15, -0.1) is 0 Å². The zero-order valence-corrected chi connectivity index (χ0v) is 25.9. The van der Waals surface area contributed by atoms with Gasteiger partial charge in [-0.2, -0.15) is 0 Å². The molecule has 0 bridgehead atoms. The predicted molar refractivity (Wildman–Crippen MR) is 149 cm³/mol. The summed E-state index contributed by atoms with van der Waals surface area (Å²) in [4.78, 5) is 31.9. The van der Waals surface area contributed by atoms with Crippen LogP contribution in [0.1, 0.15) is 27.7 Å². The Labute approximate surface area is 244 Å². The van der Waals surface area contributed by atoms with Crippen LogP contribution in [0.5, 0.6) is 0 Å². The highest BCUT2D eigenvalue weighted by Crippen LogP contribution is 2.32. The van der Waals surface area contributed by atoms with E-state index in [2.05, 4.69) is 19.9 Å². The number of ether oxygens (including phenoxy) is 1. The normalized spacial score (nSPS) is 16.3. The first-order valence-electron chi connectivity index (χ1n) is 9.36. The van der Waals surface area contributed by atoms with Crippen molar-refractivity contribution in [3.63, 3.8) is 0 Å². The number of carbonyl (C=O) groups excluding carboxylic acids is 1. The van der Waals surface area contributed by atoms with E-state index in [1.165, 1.54) is 0 Å². The largest absolute Gasteiger partial charge is 0.444 e. The smallest absolute Gasteiger partial charge is 0.410 e. The summed E-state index contributed by atoms with van der Waals surface area (Å²) in [7, 11) is 0. The van der Waals surface area contributed by atoms with Crippen LogP contribution in [0.3, 0.4) is 0 Å². The zero-order chi connectivity index (χ0) is 25.1. The molecule has 0 unspecified atom stereocenters. The molecular formula is C18H19Cl5I2N6O2. The minimum absolute atomic E-state index is 0.0375. The van der Waals surface area contributed by atoms with Gasteiger partial charge in [-0.05, 0) is 27.7 Å². The van der Waals surface area contributed by atoms with Crippen molar-refractivity contribution in [1.82, 2.24) is 24.8 Å². The topological polar surface area (TPSA) is 84.3 Å². The van der Waals surface area contributed by atoms with Gasteiger partial charge in [0.2, 0.25) is 0 Å². The third kappa shape index (κ3) is 8.64. The molecule has 1 aliphatic rings. The van der Waals surface area contributed by atoms with E-state index in [0.29, 0.717) is 38.1 Å². The van der Waals surface area contributed by atoms with Crippen LogP contribution in [0.25, 0.3) is 0 Å². The summed E-state index contributed by atoms with van der Waals surface area (Å²) < 4.78 is 6.44. The SMILES string of the molecule is C[C@@H]1CN(C(=O)OC(C)(C)C)CCN1c1nc(I)nc(Cl)c1Cl.Clc1nc(I)nc(Cl)c1Cl. The Hall–Kier alpha value is 0.140. The van der Waals surface area contributed by atoms with Crippen LogP contribution in [-0.4, -0.2) is 62.2 Å². The second-order valence-corrected chi connectivity index (χ2v) is 11.5. The van der Waals surface area contributed by atoms with Crippen LogP contribution in [-0.2, 0) is 4.74 Å². The van der Waals surface area contributed by atoms with Crippen molar-refractivity contribution in [3.8, 4) is 0 Å². The highest BCUT2D eigenvalue weighted by molar-refractivity contribution is 14.1. The molecule has 0 aliphatic carbocycles. The van der Waals surface area contributed by atoms with Gasteiger partial charge >= 0.3 is 6.09 Å². The average Bonchev–Trinajstić information content (AvgIpc) is 2.68. The van der Waals surface area contributed by atoms with Gasteiger partial charge in [-0.3, -0.25) is 0 Å². The molecule has 3 heterocycles. The van der Waals surface area contributed by atoms with E-state index in [1.807, 2.05) is 77.8 Å². The van der Waals surface area contributed by atoms with E-state index in [9.17, 15) is 4.79 Å². The fraction of sp³-hybridized carbons (Fsp3) is 0.500. The number of hydrogen-bond donors (Lipinski definition) is 0. The van der Waals surface area contributed by atoms with Crippen molar-refractivity contribution in [2.75, 3.05) is 24.5 Å². The fourth-order valence-electron chi connectivity index (χ4n) is 2.71. The van der Waals surface area contributed by atoms with Gasteiger partial charge in [0, 0.05) is 70.9 Å². The van der Waals surface area contributed by atoms with Crippen LogP contribution in [0.2, 0.25) is 25.5 Å². The van der Waals surface area contributed by atoms with Gasteiger partial charge in [0.05, 0.1) is 0 Å². The lowest BCUT2D eigenvalue weighted by Crippen LogP contribution is -2.55. The molecule has 1 fully saturated rings. The van der Waals surface area contributed by atoms with Gasteiger partial charge in [0.15, 0.2) is 28.9 Å². The lowest BCUT2D eigenvalue weighted by atomic mass is 10.2. The number of halogens is 7. The van der Waals surface area contributed by atoms with Crippen molar-refractivity contribution >= 4 is 115 Å². The molecule has 0 radical (unpaired) electrons. The quantitative estimate of drug-likeness (QED) is 0.177. The molecule has 33 heavy (non-hydrogen) atoms. The summed E-state index contributed by atoms with van der Waals surface area (Å²) >= 11 is 32.8. The van der Waals surface area contributed by atoms with Crippen LogP contribution in [0.4, 0.5) is 10.6 Å². The molecular weight excluding hydrogens is 763 g/mol. The van der Waals surface area contributed by atoms with E-state index in [-0.39, 0.29) is 32.6 Å². The number of hydrogen-bond acceptors (Lipinski definition) is 7. The lowest BCUT2D eigenvalue weighted by Gasteiger charge is -2.41. The molecule has 3 rings (SSSR count). The van der Waals surface area contributed by atoms with Crippen LogP contribution < -0.4 is 4.90 Å². The van der Waals surface area contributed by atoms with Crippen molar-refractivity contribution in [2.45, 2.75) is 39.3 Å². The minimum Gasteiger partial charge on any atom is -0.444 e. The Kier molecular flexibility index (Phi) is 11.0. The maximum absolute atomic E-state index is 12.2. The third-order valence-electron chi connectivity index (χ3n) is 4.06. The Morgan fingerprint density at radius 2 is 1.39 bits per heavy atom. The van der Waals surface area contributed by atoms with Crippen LogP contribution in [0, 0.1) is 7.66 Å². The summed E-state index contributed by atoms with van der Waals surface area (Å²) in [6.45, 7) is 9.25. The highest BCUT2D eigenvalue weighted by atomic mass is 127. The molecule has 0 aromatic carbocycles. The zero-order valence-electron chi connectivity index (χ0n) is 17.8. The second-order valence-electron chi connectivity index (χ2n) is 7.78. The van der Waals surface area contributed by atoms with Gasteiger partial charge in [0.25, 0.3) is 0 Å². The molecule has 0 spiro atoms. The summed E-state index contributed by atoms with van der Waals surface area (Å²) in [5.41, 5.74) is -0.503. The van der Waals surface area contributed by atoms with Crippen molar-refractivity contribution in [1.29, 1.82) is 0 Å². The van der Waals surface area contributed by atoms with Gasteiger partial charge < -0.3 is 14.5 Å². The van der Waals surface area contributed by atoms with E-state index in [1.54, 1.807) is 4.90 Å².